The number of alkyl halides is 1. The summed E-state index contributed by atoms with van der Waals surface area (Å²) >= 11 is 5.63. The molecule has 1 aliphatic rings. The fourth-order valence-corrected chi connectivity index (χ4v) is 1.99. The molecule has 92 valence electrons. The topological polar surface area (TPSA) is 33.2 Å². The lowest BCUT2D eigenvalue weighted by atomic mass is 10.2. The lowest BCUT2D eigenvalue weighted by Crippen LogP contribution is -2.32. The Bertz CT molecular complexity index is 365. The van der Waals surface area contributed by atoms with Gasteiger partial charge in [-0.15, -0.1) is 11.6 Å². The van der Waals surface area contributed by atoms with Gasteiger partial charge in [0.15, 0.2) is 0 Å². The van der Waals surface area contributed by atoms with E-state index >= 15 is 0 Å². The van der Waals surface area contributed by atoms with Crippen LogP contribution in [0.2, 0.25) is 0 Å². The molecule has 0 bridgehead atoms. The van der Waals surface area contributed by atoms with E-state index in [0.29, 0.717) is 24.9 Å². The van der Waals surface area contributed by atoms with Crippen molar-refractivity contribution >= 4 is 17.5 Å². The van der Waals surface area contributed by atoms with Gasteiger partial charge < -0.3 is 4.90 Å². The van der Waals surface area contributed by atoms with Gasteiger partial charge in [-0.3, -0.25) is 9.78 Å². The van der Waals surface area contributed by atoms with Gasteiger partial charge in [0.1, 0.15) is 0 Å². The van der Waals surface area contributed by atoms with E-state index in [-0.39, 0.29) is 5.91 Å². The summed E-state index contributed by atoms with van der Waals surface area (Å²) in [7, 11) is 0. The van der Waals surface area contributed by atoms with E-state index in [0.717, 1.165) is 24.8 Å². The summed E-state index contributed by atoms with van der Waals surface area (Å²) in [6.45, 7) is 0.703. The Kier molecular flexibility index (Phi) is 4.37. The van der Waals surface area contributed by atoms with E-state index in [4.69, 9.17) is 11.6 Å². The molecule has 0 aromatic carbocycles. The molecular formula is C13H17ClN2O. The lowest BCUT2D eigenvalue weighted by molar-refractivity contribution is -0.132. The minimum absolute atomic E-state index is 0.227. The zero-order valence-corrected chi connectivity index (χ0v) is 10.6. The summed E-state index contributed by atoms with van der Waals surface area (Å²) in [5.41, 5.74) is 1.14. The molecule has 1 heterocycles. The highest BCUT2D eigenvalue weighted by Gasteiger charge is 2.31. The Balaban J connectivity index is 1.95. The van der Waals surface area contributed by atoms with Gasteiger partial charge in [-0.25, -0.2) is 0 Å². The number of carbonyl (C=O) groups is 1. The predicted octanol–water partition coefficient (Wildman–Crippen LogP) is 2.59. The highest BCUT2D eigenvalue weighted by atomic mass is 35.5. The number of hydrogen-bond acceptors (Lipinski definition) is 2. The van der Waals surface area contributed by atoms with Crippen LogP contribution in [0.4, 0.5) is 0 Å². The van der Waals surface area contributed by atoms with Crippen molar-refractivity contribution in [3.05, 3.63) is 30.1 Å². The zero-order valence-electron chi connectivity index (χ0n) is 9.81. The molecule has 1 saturated carbocycles. The van der Waals surface area contributed by atoms with Crippen molar-refractivity contribution in [2.75, 3.05) is 5.88 Å². The SMILES string of the molecule is O=C(CCCCl)N(Cc1ccncc1)C1CC1. The number of halogens is 1. The van der Waals surface area contributed by atoms with Crippen molar-refractivity contribution in [2.45, 2.75) is 38.3 Å². The summed E-state index contributed by atoms with van der Waals surface area (Å²) in [6.07, 6.45) is 7.13. The quantitative estimate of drug-likeness (QED) is 0.729. The Morgan fingerprint density at radius 3 is 2.71 bits per heavy atom. The van der Waals surface area contributed by atoms with Gasteiger partial charge in [0.25, 0.3) is 0 Å². The van der Waals surface area contributed by atoms with Crippen LogP contribution >= 0.6 is 11.6 Å². The van der Waals surface area contributed by atoms with Crippen molar-refractivity contribution in [3.63, 3.8) is 0 Å². The number of nitrogens with zero attached hydrogens (tertiary/aromatic N) is 2. The molecule has 4 heteroatoms. The molecule has 2 rings (SSSR count). The van der Waals surface area contributed by atoms with Crippen LogP contribution in [0.25, 0.3) is 0 Å². The van der Waals surface area contributed by atoms with E-state index in [2.05, 4.69) is 4.98 Å². The van der Waals surface area contributed by atoms with Crippen LogP contribution in [0, 0.1) is 0 Å². The van der Waals surface area contributed by atoms with Gasteiger partial charge >= 0.3 is 0 Å². The van der Waals surface area contributed by atoms with E-state index in [9.17, 15) is 4.79 Å². The summed E-state index contributed by atoms with van der Waals surface area (Å²) in [5.74, 6) is 0.782. The monoisotopic (exact) mass is 252 g/mol. The van der Waals surface area contributed by atoms with Gasteiger partial charge in [0.05, 0.1) is 0 Å². The van der Waals surface area contributed by atoms with Crippen molar-refractivity contribution in [1.82, 2.24) is 9.88 Å². The molecule has 0 spiro atoms. The second-order valence-corrected chi connectivity index (χ2v) is 4.78. The number of carbonyl (C=O) groups excluding carboxylic acids is 1. The summed E-state index contributed by atoms with van der Waals surface area (Å²) in [4.78, 5) is 18.0. The fourth-order valence-electron chi connectivity index (χ4n) is 1.85. The molecule has 0 N–H and O–H groups in total. The maximum atomic E-state index is 12.0. The molecule has 0 radical (unpaired) electrons. The fraction of sp³-hybridized carbons (Fsp3) is 0.538. The van der Waals surface area contributed by atoms with Gasteiger partial charge in [0.2, 0.25) is 5.91 Å². The molecule has 0 atom stereocenters. The molecule has 3 nitrogen and oxygen atoms in total. The molecular weight excluding hydrogens is 236 g/mol. The third-order valence-corrected chi connectivity index (χ3v) is 3.20. The molecule has 1 aromatic rings. The molecule has 0 saturated heterocycles. The molecule has 1 aromatic heterocycles. The minimum Gasteiger partial charge on any atom is -0.335 e. The van der Waals surface area contributed by atoms with E-state index < -0.39 is 0 Å². The Labute approximate surface area is 107 Å². The number of rotatable bonds is 6. The third kappa shape index (κ3) is 3.70. The highest BCUT2D eigenvalue weighted by molar-refractivity contribution is 6.17. The van der Waals surface area contributed by atoms with Crippen LogP contribution in [0.3, 0.4) is 0 Å². The number of hydrogen-bond donors (Lipinski definition) is 0. The largest absolute Gasteiger partial charge is 0.335 e. The Morgan fingerprint density at radius 2 is 2.12 bits per heavy atom. The van der Waals surface area contributed by atoms with Crippen molar-refractivity contribution < 1.29 is 4.79 Å². The lowest BCUT2D eigenvalue weighted by Gasteiger charge is -2.22. The van der Waals surface area contributed by atoms with E-state index in [1.807, 2.05) is 17.0 Å². The first-order chi connectivity index (χ1) is 8.31. The van der Waals surface area contributed by atoms with Gasteiger partial charge in [0, 0.05) is 37.3 Å². The first-order valence-corrected chi connectivity index (χ1v) is 6.59. The van der Waals surface area contributed by atoms with Crippen molar-refractivity contribution in [3.8, 4) is 0 Å². The molecule has 17 heavy (non-hydrogen) atoms. The molecule has 1 aliphatic carbocycles. The maximum absolute atomic E-state index is 12.0. The number of aromatic nitrogens is 1. The summed E-state index contributed by atoms with van der Waals surface area (Å²) < 4.78 is 0. The van der Waals surface area contributed by atoms with Crippen LogP contribution in [0.1, 0.15) is 31.2 Å². The smallest absolute Gasteiger partial charge is 0.223 e. The van der Waals surface area contributed by atoms with E-state index in [1.54, 1.807) is 12.4 Å². The van der Waals surface area contributed by atoms with E-state index in [1.165, 1.54) is 0 Å². The maximum Gasteiger partial charge on any atom is 0.223 e. The van der Waals surface area contributed by atoms with Gasteiger partial charge in [-0.05, 0) is 37.0 Å². The van der Waals surface area contributed by atoms with Crippen LogP contribution in [0.15, 0.2) is 24.5 Å². The minimum atomic E-state index is 0.227. The highest BCUT2D eigenvalue weighted by Crippen LogP contribution is 2.29. The van der Waals surface area contributed by atoms with Gasteiger partial charge in [-0.1, -0.05) is 0 Å². The Morgan fingerprint density at radius 1 is 1.41 bits per heavy atom. The molecule has 1 fully saturated rings. The van der Waals surface area contributed by atoms with Crippen molar-refractivity contribution in [2.24, 2.45) is 0 Å². The van der Waals surface area contributed by atoms with Crippen LogP contribution in [-0.2, 0) is 11.3 Å². The van der Waals surface area contributed by atoms with Crippen LogP contribution in [-0.4, -0.2) is 27.7 Å². The van der Waals surface area contributed by atoms with Crippen LogP contribution < -0.4 is 0 Å². The third-order valence-electron chi connectivity index (χ3n) is 2.93. The second-order valence-electron chi connectivity index (χ2n) is 4.40. The molecule has 0 unspecified atom stereocenters. The summed E-state index contributed by atoms with van der Waals surface area (Å²) in [6, 6.07) is 4.38. The number of amides is 1. The Hall–Kier alpha value is -1.09. The van der Waals surface area contributed by atoms with Crippen molar-refractivity contribution in [1.29, 1.82) is 0 Å². The molecule has 1 amide bonds. The number of pyridine rings is 1. The first kappa shape index (κ1) is 12.4. The zero-order chi connectivity index (χ0) is 12.1. The average Bonchev–Trinajstić information content (AvgIpc) is 3.18. The second kappa shape index (κ2) is 6.01. The predicted molar refractivity (Wildman–Crippen MR) is 67.8 cm³/mol. The standard InChI is InChI=1S/C13H17ClN2O/c14-7-1-2-13(17)16(12-3-4-12)10-11-5-8-15-9-6-11/h5-6,8-9,12H,1-4,7,10H2. The average molecular weight is 253 g/mol. The normalized spacial score (nSPS) is 14.6. The molecule has 0 aliphatic heterocycles. The van der Waals surface area contributed by atoms with Gasteiger partial charge in [-0.2, -0.15) is 0 Å². The first-order valence-electron chi connectivity index (χ1n) is 6.05. The van der Waals surface area contributed by atoms with Crippen LogP contribution in [0.5, 0.6) is 0 Å². The summed E-state index contributed by atoms with van der Waals surface area (Å²) in [5, 5.41) is 0.